The average Bonchev–Trinajstić information content (AvgIpc) is 2.90. The maximum atomic E-state index is 14.0. The number of benzene rings is 1. The van der Waals surface area contributed by atoms with Crippen LogP contribution in [0.1, 0.15) is 30.9 Å². The molecule has 2 atom stereocenters. The zero-order valence-corrected chi connectivity index (χ0v) is 11.9. The number of likely N-dealkylation sites (N-methyl/N-ethyl adjacent to an activating group) is 1. The Morgan fingerprint density at radius 1 is 1.20 bits per heavy atom. The van der Waals surface area contributed by atoms with Crippen molar-refractivity contribution in [2.24, 2.45) is 0 Å². The summed E-state index contributed by atoms with van der Waals surface area (Å²) < 4.78 is 27.5. The number of piperidine rings is 1. The Hall–Kier alpha value is -1.00. The van der Waals surface area contributed by atoms with Gasteiger partial charge < -0.3 is 4.90 Å². The number of hydrogen-bond donors (Lipinski definition) is 0. The highest BCUT2D eigenvalue weighted by atomic mass is 19.1. The quantitative estimate of drug-likeness (QED) is 0.821. The molecule has 2 aliphatic rings. The highest BCUT2D eigenvalue weighted by Crippen LogP contribution is 2.36. The number of likely N-dealkylation sites (tertiary alicyclic amines) is 2. The van der Waals surface area contributed by atoms with Gasteiger partial charge in [0.2, 0.25) is 0 Å². The van der Waals surface area contributed by atoms with E-state index < -0.39 is 0 Å². The summed E-state index contributed by atoms with van der Waals surface area (Å²) in [5, 5.41) is 0. The molecule has 2 nitrogen and oxygen atoms in total. The highest BCUT2D eigenvalue weighted by molar-refractivity contribution is 5.24. The molecule has 1 unspecified atom stereocenters. The molecule has 3 rings (SSSR count). The number of rotatable bonds is 2. The Morgan fingerprint density at radius 2 is 2.05 bits per heavy atom. The molecule has 0 aliphatic carbocycles. The normalized spacial score (nSPS) is 28.9. The Kier molecular flexibility index (Phi) is 4.03. The first-order chi connectivity index (χ1) is 9.65. The Labute approximate surface area is 119 Å². The van der Waals surface area contributed by atoms with E-state index in [4.69, 9.17) is 0 Å². The standard InChI is InChI=1S/C16H21F2N2/c1-19-8-2-4-13(11-19)20-9-3-5-16(20)14-10-12(17)6-7-15(14)18/h4,6-7,10,13,16H,2-3,5,8-9,11H2,1H3/t13-,16?/m1/s1. The minimum Gasteiger partial charge on any atom is -0.305 e. The molecule has 0 spiro atoms. The van der Waals surface area contributed by atoms with E-state index in [1.807, 2.05) is 0 Å². The van der Waals surface area contributed by atoms with Crippen molar-refractivity contribution in [1.82, 2.24) is 9.80 Å². The molecule has 2 aliphatic heterocycles. The van der Waals surface area contributed by atoms with E-state index in [-0.39, 0.29) is 17.7 Å². The molecule has 20 heavy (non-hydrogen) atoms. The van der Waals surface area contributed by atoms with E-state index in [2.05, 4.69) is 23.3 Å². The van der Waals surface area contributed by atoms with Crippen LogP contribution in [0.15, 0.2) is 18.2 Å². The zero-order valence-electron chi connectivity index (χ0n) is 11.9. The van der Waals surface area contributed by atoms with E-state index in [0.717, 1.165) is 38.9 Å². The van der Waals surface area contributed by atoms with Crippen LogP contribution in [0.4, 0.5) is 8.78 Å². The van der Waals surface area contributed by atoms with Crippen LogP contribution in [-0.4, -0.2) is 42.5 Å². The topological polar surface area (TPSA) is 6.48 Å². The molecular weight excluding hydrogens is 258 g/mol. The van der Waals surface area contributed by atoms with Gasteiger partial charge in [-0.2, -0.15) is 0 Å². The molecule has 0 N–H and O–H groups in total. The maximum absolute atomic E-state index is 14.0. The molecule has 109 valence electrons. The van der Waals surface area contributed by atoms with Crippen molar-refractivity contribution in [3.63, 3.8) is 0 Å². The second-order valence-corrected chi connectivity index (χ2v) is 5.92. The van der Waals surface area contributed by atoms with Crippen molar-refractivity contribution in [2.75, 3.05) is 26.7 Å². The molecule has 2 fully saturated rings. The molecular formula is C16H21F2N2. The van der Waals surface area contributed by atoms with Crippen LogP contribution in [0, 0.1) is 18.1 Å². The van der Waals surface area contributed by atoms with Gasteiger partial charge in [0.05, 0.1) is 0 Å². The van der Waals surface area contributed by atoms with Crippen molar-refractivity contribution in [3.8, 4) is 0 Å². The van der Waals surface area contributed by atoms with E-state index in [1.165, 1.54) is 18.2 Å². The molecule has 1 aromatic rings. The second-order valence-electron chi connectivity index (χ2n) is 5.92. The summed E-state index contributed by atoms with van der Waals surface area (Å²) in [5.41, 5.74) is 0.518. The van der Waals surface area contributed by atoms with Gasteiger partial charge in [-0.3, -0.25) is 4.90 Å². The fourth-order valence-electron chi connectivity index (χ4n) is 3.50. The third-order valence-electron chi connectivity index (χ3n) is 4.49. The van der Waals surface area contributed by atoms with Gasteiger partial charge in [0.1, 0.15) is 11.6 Å². The van der Waals surface area contributed by atoms with Crippen molar-refractivity contribution < 1.29 is 8.78 Å². The van der Waals surface area contributed by atoms with Gasteiger partial charge in [0.25, 0.3) is 0 Å². The Balaban J connectivity index is 1.83. The molecule has 2 saturated heterocycles. The minimum atomic E-state index is -0.349. The van der Waals surface area contributed by atoms with E-state index >= 15 is 0 Å². The van der Waals surface area contributed by atoms with Gasteiger partial charge in [-0.1, -0.05) is 0 Å². The molecule has 1 radical (unpaired) electrons. The van der Waals surface area contributed by atoms with Gasteiger partial charge >= 0.3 is 0 Å². The van der Waals surface area contributed by atoms with Gasteiger partial charge in [0.15, 0.2) is 0 Å². The SMILES string of the molecule is CN1CC[CH][C@@H](N2CCCC2c2cc(F)ccc2F)C1. The molecule has 1 aromatic carbocycles. The molecule has 0 bridgehead atoms. The highest BCUT2D eigenvalue weighted by Gasteiger charge is 2.34. The smallest absolute Gasteiger partial charge is 0.128 e. The first kappa shape index (κ1) is 14.0. The van der Waals surface area contributed by atoms with Crippen molar-refractivity contribution >= 4 is 0 Å². The third-order valence-corrected chi connectivity index (χ3v) is 4.49. The van der Waals surface area contributed by atoms with E-state index in [1.54, 1.807) is 0 Å². The minimum absolute atomic E-state index is 0.0125. The largest absolute Gasteiger partial charge is 0.305 e. The number of halogens is 2. The summed E-state index contributed by atoms with van der Waals surface area (Å²) in [6.45, 7) is 3.03. The van der Waals surface area contributed by atoms with E-state index in [0.29, 0.717) is 11.6 Å². The van der Waals surface area contributed by atoms with Crippen LogP contribution in [0.2, 0.25) is 0 Å². The average molecular weight is 279 g/mol. The predicted octanol–water partition coefficient (Wildman–Crippen LogP) is 3.01. The summed E-state index contributed by atoms with van der Waals surface area (Å²) >= 11 is 0. The zero-order chi connectivity index (χ0) is 14.1. The van der Waals surface area contributed by atoms with Gasteiger partial charge in [-0.05, 0) is 64.0 Å². The van der Waals surface area contributed by atoms with E-state index in [9.17, 15) is 8.78 Å². The lowest BCUT2D eigenvalue weighted by atomic mass is 9.99. The molecule has 0 amide bonds. The number of hydrogen-bond acceptors (Lipinski definition) is 2. The molecule has 0 saturated carbocycles. The molecule has 0 aromatic heterocycles. The Morgan fingerprint density at radius 3 is 2.85 bits per heavy atom. The lowest BCUT2D eigenvalue weighted by Gasteiger charge is -2.39. The monoisotopic (exact) mass is 279 g/mol. The van der Waals surface area contributed by atoms with Crippen LogP contribution in [0.5, 0.6) is 0 Å². The van der Waals surface area contributed by atoms with Crippen LogP contribution in [-0.2, 0) is 0 Å². The Bertz CT molecular complexity index is 478. The van der Waals surface area contributed by atoms with Crippen LogP contribution in [0.25, 0.3) is 0 Å². The number of nitrogens with zero attached hydrogens (tertiary/aromatic N) is 2. The van der Waals surface area contributed by atoms with Crippen molar-refractivity contribution in [3.05, 3.63) is 41.8 Å². The lowest BCUT2D eigenvalue weighted by molar-refractivity contribution is 0.133. The summed E-state index contributed by atoms with van der Waals surface area (Å²) in [5.74, 6) is -0.634. The molecule has 2 heterocycles. The second kappa shape index (κ2) is 5.78. The van der Waals surface area contributed by atoms with Gasteiger partial charge in [-0.15, -0.1) is 0 Å². The predicted molar refractivity (Wildman–Crippen MR) is 75.2 cm³/mol. The van der Waals surface area contributed by atoms with Crippen molar-refractivity contribution in [2.45, 2.75) is 31.3 Å². The van der Waals surface area contributed by atoms with Gasteiger partial charge in [0, 0.05) is 24.2 Å². The first-order valence-corrected chi connectivity index (χ1v) is 7.38. The first-order valence-electron chi connectivity index (χ1n) is 7.38. The summed E-state index contributed by atoms with van der Waals surface area (Å²) in [6.07, 6.45) is 5.36. The molecule has 4 heteroatoms. The fourth-order valence-corrected chi connectivity index (χ4v) is 3.50. The third kappa shape index (κ3) is 2.72. The van der Waals surface area contributed by atoms with Crippen LogP contribution in [0.3, 0.4) is 0 Å². The maximum Gasteiger partial charge on any atom is 0.128 e. The van der Waals surface area contributed by atoms with Crippen molar-refractivity contribution in [1.29, 1.82) is 0 Å². The summed E-state index contributed by atoms with van der Waals surface area (Å²) in [4.78, 5) is 4.65. The van der Waals surface area contributed by atoms with Crippen LogP contribution < -0.4 is 0 Å². The lowest BCUT2D eigenvalue weighted by Crippen LogP contribution is -2.46. The summed E-state index contributed by atoms with van der Waals surface area (Å²) in [7, 11) is 2.12. The summed E-state index contributed by atoms with van der Waals surface area (Å²) in [6, 6.07) is 4.17. The van der Waals surface area contributed by atoms with Gasteiger partial charge in [-0.25, -0.2) is 8.78 Å². The van der Waals surface area contributed by atoms with Crippen LogP contribution >= 0.6 is 0 Å². The fraction of sp³-hybridized carbons (Fsp3) is 0.562.